The first-order valence-corrected chi connectivity index (χ1v) is 10.2. The van der Waals surface area contributed by atoms with Crippen LogP contribution in [0.4, 0.5) is 5.13 Å². The van der Waals surface area contributed by atoms with Gasteiger partial charge in [-0.15, -0.1) is 11.3 Å². The van der Waals surface area contributed by atoms with E-state index in [-0.39, 0.29) is 24.6 Å². The van der Waals surface area contributed by atoms with Crippen LogP contribution in [0.5, 0.6) is 0 Å². The molecule has 1 N–H and O–H groups in total. The quantitative estimate of drug-likeness (QED) is 0.689. The number of nitrogens with zero attached hydrogens (tertiary/aromatic N) is 3. The van der Waals surface area contributed by atoms with E-state index in [1.165, 1.54) is 11.3 Å². The van der Waals surface area contributed by atoms with Crippen LogP contribution in [0.3, 0.4) is 0 Å². The lowest BCUT2D eigenvalue weighted by atomic mass is 9.76. The lowest BCUT2D eigenvalue weighted by molar-refractivity contribution is 0.187. The zero-order chi connectivity index (χ0) is 19.5. The number of rotatable bonds is 5. The summed E-state index contributed by atoms with van der Waals surface area (Å²) in [5.74, 6) is -0.0290. The molecule has 1 aliphatic heterocycles. The van der Waals surface area contributed by atoms with Gasteiger partial charge in [0.05, 0.1) is 24.4 Å². The second-order valence-corrected chi connectivity index (χ2v) is 7.64. The molecule has 140 valence electrons. The highest BCUT2D eigenvalue weighted by Gasteiger charge is 2.50. The molecule has 0 saturated carbocycles. The van der Waals surface area contributed by atoms with E-state index >= 15 is 0 Å². The molecule has 3 atom stereocenters. The molecule has 1 fully saturated rings. The van der Waals surface area contributed by atoms with Gasteiger partial charge in [0.2, 0.25) is 0 Å². The maximum atomic E-state index is 10.0. The molecule has 3 aromatic rings. The highest BCUT2D eigenvalue weighted by atomic mass is 32.1. The highest BCUT2D eigenvalue weighted by molar-refractivity contribution is 7.14. The van der Waals surface area contributed by atoms with Crippen molar-refractivity contribution in [2.45, 2.75) is 24.9 Å². The van der Waals surface area contributed by atoms with E-state index in [0.717, 1.165) is 27.5 Å². The van der Waals surface area contributed by atoms with Gasteiger partial charge in [-0.3, -0.25) is 0 Å². The average molecular weight is 388 g/mol. The predicted molar refractivity (Wildman–Crippen MR) is 114 cm³/mol. The highest BCUT2D eigenvalue weighted by Crippen LogP contribution is 2.45. The van der Waals surface area contributed by atoms with Gasteiger partial charge in [-0.05, 0) is 18.1 Å². The number of aliphatic hydroxyl groups is 1. The molecule has 0 aliphatic carbocycles. The number of hydrogen-bond donors (Lipinski definition) is 1. The number of benzene rings is 2. The Hall–Kier alpha value is -2.94. The van der Waals surface area contributed by atoms with Crippen LogP contribution in [0.25, 0.3) is 17.3 Å². The molecular formula is C23H21N3OS. The maximum absolute atomic E-state index is 10.0. The Morgan fingerprint density at radius 1 is 1.18 bits per heavy atom. The van der Waals surface area contributed by atoms with Gasteiger partial charge in [-0.1, -0.05) is 66.7 Å². The first-order valence-electron chi connectivity index (χ1n) is 9.29. The van der Waals surface area contributed by atoms with E-state index in [1.54, 1.807) is 0 Å². The molecule has 4 rings (SSSR count). The molecule has 2 aromatic carbocycles. The van der Waals surface area contributed by atoms with E-state index in [2.05, 4.69) is 30.3 Å². The molecule has 0 unspecified atom stereocenters. The van der Waals surface area contributed by atoms with Gasteiger partial charge in [0.15, 0.2) is 5.13 Å². The molecular weight excluding hydrogens is 366 g/mol. The summed E-state index contributed by atoms with van der Waals surface area (Å²) in [7, 11) is 0. The van der Waals surface area contributed by atoms with Gasteiger partial charge in [-0.2, -0.15) is 5.26 Å². The number of anilines is 1. The third-order valence-electron chi connectivity index (χ3n) is 5.19. The van der Waals surface area contributed by atoms with Crippen molar-refractivity contribution in [1.29, 1.82) is 5.26 Å². The number of aromatic nitrogens is 1. The fourth-order valence-electron chi connectivity index (χ4n) is 3.82. The molecule has 4 nitrogen and oxygen atoms in total. The Labute approximate surface area is 169 Å². The first kappa shape index (κ1) is 18.4. The van der Waals surface area contributed by atoms with Gasteiger partial charge in [0.25, 0.3) is 0 Å². The largest absolute Gasteiger partial charge is 0.394 e. The minimum atomic E-state index is -0.334. The summed E-state index contributed by atoms with van der Waals surface area (Å²) in [6, 6.07) is 20.2. The summed E-state index contributed by atoms with van der Waals surface area (Å²) >= 11 is 1.52. The van der Waals surface area contributed by atoms with Gasteiger partial charge in [0, 0.05) is 16.9 Å². The van der Waals surface area contributed by atoms with Crippen molar-refractivity contribution in [2.24, 2.45) is 0 Å². The number of thiazole rings is 1. The molecule has 0 spiro atoms. The van der Waals surface area contributed by atoms with Gasteiger partial charge < -0.3 is 10.0 Å². The third-order valence-corrected chi connectivity index (χ3v) is 6.05. The maximum Gasteiger partial charge on any atom is 0.187 e. The fourth-order valence-corrected chi connectivity index (χ4v) is 4.74. The SMILES string of the molecule is C/C=C/c1ccc([C@@H]2[C@@H](CO)N(c3nc(-c4ccccc4)cs3)[C@H]2C#N)cc1. The molecule has 1 aliphatic rings. The number of hydrogen-bond acceptors (Lipinski definition) is 5. The van der Waals surface area contributed by atoms with Crippen LogP contribution in [-0.4, -0.2) is 28.8 Å². The summed E-state index contributed by atoms with van der Waals surface area (Å²) in [5.41, 5.74) is 4.16. The molecule has 0 radical (unpaired) electrons. The smallest absolute Gasteiger partial charge is 0.187 e. The van der Waals surface area contributed by atoms with E-state index in [1.807, 2.05) is 59.7 Å². The summed E-state index contributed by atoms with van der Waals surface area (Å²) in [4.78, 5) is 6.70. The third kappa shape index (κ3) is 3.22. The molecule has 2 heterocycles. The molecule has 28 heavy (non-hydrogen) atoms. The van der Waals surface area contributed by atoms with E-state index < -0.39 is 0 Å². The Morgan fingerprint density at radius 2 is 1.93 bits per heavy atom. The number of nitriles is 1. The zero-order valence-corrected chi connectivity index (χ0v) is 16.4. The Balaban J connectivity index is 1.61. The van der Waals surface area contributed by atoms with Crippen LogP contribution >= 0.6 is 11.3 Å². The standard InChI is InChI=1S/C23H21N3OS/c1-2-6-16-9-11-18(12-10-16)22-20(13-24)26(21(22)14-27)23-25-19(15-28-23)17-7-4-3-5-8-17/h2-12,15,20-22,27H,14H2,1H3/b6-2+/t20-,21+,22-/m0/s1. The van der Waals surface area contributed by atoms with Crippen molar-refractivity contribution in [3.63, 3.8) is 0 Å². The monoisotopic (exact) mass is 387 g/mol. The Kier molecular flexibility index (Phi) is 5.25. The van der Waals surface area contributed by atoms with Crippen LogP contribution in [-0.2, 0) is 0 Å². The summed E-state index contributed by atoms with van der Waals surface area (Å²) in [6.07, 6.45) is 4.05. The molecule has 0 bridgehead atoms. The second kappa shape index (κ2) is 7.97. The number of allylic oxidation sites excluding steroid dienone is 1. The van der Waals surface area contributed by atoms with E-state index in [4.69, 9.17) is 4.98 Å². The lowest BCUT2D eigenvalue weighted by Gasteiger charge is -2.51. The van der Waals surface area contributed by atoms with Gasteiger partial charge >= 0.3 is 0 Å². The summed E-state index contributed by atoms with van der Waals surface area (Å²) in [5, 5.41) is 22.6. The van der Waals surface area contributed by atoms with Crippen molar-refractivity contribution < 1.29 is 5.11 Å². The van der Waals surface area contributed by atoms with Gasteiger partial charge in [0.1, 0.15) is 6.04 Å². The van der Waals surface area contributed by atoms with Crippen molar-refractivity contribution in [1.82, 2.24) is 4.98 Å². The predicted octanol–water partition coefficient (Wildman–Crippen LogP) is 4.70. The first-order chi connectivity index (χ1) is 13.8. The Morgan fingerprint density at radius 3 is 2.57 bits per heavy atom. The normalized spacial score (nSPS) is 21.5. The molecule has 0 amide bonds. The number of aliphatic hydroxyl groups excluding tert-OH is 1. The van der Waals surface area contributed by atoms with Gasteiger partial charge in [-0.25, -0.2) is 4.98 Å². The van der Waals surface area contributed by atoms with Crippen molar-refractivity contribution in [3.8, 4) is 17.3 Å². The zero-order valence-electron chi connectivity index (χ0n) is 15.6. The summed E-state index contributed by atoms with van der Waals surface area (Å²) in [6.45, 7) is 1.97. The Bertz CT molecular complexity index is 1000. The second-order valence-electron chi connectivity index (χ2n) is 6.80. The van der Waals surface area contributed by atoms with E-state index in [0.29, 0.717) is 0 Å². The molecule has 5 heteroatoms. The van der Waals surface area contributed by atoms with Crippen molar-refractivity contribution >= 4 is 22.5 Å². The van der Waals surface area contributed by atoms with Crippen LogP contribution in [0.1, 0.15) is 24.0 Å². The molecule has 1 aromatic heterocycles. The van der Waals surface area contributed by atoms with Crippen LogP contribution in [0.15, 0.2) is 66.1 Å². The van der Waals surface area contributed by atoms with Crippen molar-refractivity contribution in [3.05, 3.63) is 77.2 Å². The minimum Gasteiger partial charge on any atom is -0.394 e. The van der Waals surface area contributed by atoms with Crippen LogP contribution < -0.4 is 4.90 Å². The fraction of sp³-hybridized carbons (Fsp3) is 0.217. The average Bonchev–Trinajstić information content (AvgIpc) is 3.19. The molecule has 1 saturated heterocycles. The topological polar surface area (TPSA) is 60.1 Å². The van der Waals surface area contributed by atoms with Crippen LogP contribution in [0.2, 0.25) is 0 Å². The lowest BCUT2D eigenvalue weighted by Crippen LogP contribution is -2.63. The minimum absolute atomic E-state index is 0.0142. The van der Waals surface area contributed by atoms with E-state index in [9.17, 15) is 10.4 Å². The van der Waals surface area contributed by atoms with Crippen LogP contribution in [0, 0.1) is 11.3 Å². The van der Waals surface area contributed by atoms with Crippen molar-refractivity contribution in [2.75, 3.05) is 11.5 Å². The summed E-state index contributed by atoms with van der Waals surface area (Å²) < 4.78 is 0.